The van der Waals surface area contributed by atoms with E-state index in [9.17, 15) is 36.7 Å². The summed E-state index contributed by atoms with van der Waals surface area (Å²) in [5.74, 6) is -8.23. The van der Waals surface area contributed by atoms with Crippen LogP contribution in [0.25, 0.3) is 0 Å². The number of carboxylic acids is 1. The maximum absolute atomic E-state index is 13.3. The first-order valence-corrected chi connectivity index (χ1v) is 15.8. The molecule has 6 aromatic rings. The molecule has 0 aliphatic rings. The molecular weight excluding hydrogens is 741 g/mol. The minimum Gasteiger partial charge on any atom is -0.476 e. The van der Waals surface area contributed by atoms with Gasteiger partial charge in [-0.05, 0) is 31.2 Å². The molecule has 0 radical (unpaired) electrons. The average molecular weight is 761 g/mol. The molecule has 52 heavy (non-hydrogen) atoms. The highest BCUT2D eigenvalue weighted by Crippen LogP contribution is 2.32. The number of hydrogen-bond donors (Lipinski definition) is 5. The Balaban J connectivity index is 0.000000202. The molecule has 0 aliphatic carbocycles. The predicted molar refractivity (Wildman–Crippen MR) is 175 cm³/mol. The molecule has 268 valence electrons. The number of hydrogen-bond acceptors (Lipinski definition) is 17. The Morgan fingerprint density at radius 3 is 1.58 bits per heavy atom. The van der Waals surface area contributed by atoms with Crippen molar-refractivity contribution >= 4 is 79.5 Å². The summed E-state index contributed by atoms with van der Waals surface area (Å²) in [4.78, 5) is 55.0. The van der Waals surface area contributed by atoms with Crippen LogP contribution < -0.4 is 22.1 Å². The van der Waals surface area contributed by atoms with E-state index in [0.29, 0.717) is 0 Å². The van der Waals surface area contributed by atoms with E-state index in [1.54, 1.807) is 6.92 Å². The Morgan fingerprint density at radius 2 is 1.17 bits per heavy atom. The van der Waals surface area contributed by atoms with E-state index < -0.39 is 52.5 Å². The van der Waals surface area contributed by atoms with E-state index in [1.165, 1.54) is 12.1 Å². The number of anilines is 6. The molecule has 4 heterocycles. The fourth-order valence-electron chi connectivity index (χ4n) is 3.88. The van der Waals surface area contributed by atoms with Gasteiger partial charge in [-0.2, -0.15) is 0 Å². The van der Waals surface area contributed by atoms with E-state index in [-0.39, 0.29) is 66.8 Å². The molecular formula is C30H20F4N8O8S2. The lowest BCUT2D eigenvalue weighted by Crippen LogP contribution is -2.05. The first-order valence-electron chi connectivity index (χ1n) is 14.1. The number of aromatic nitrogens is 4. The van der Waals surface area contributed by atoms with Gasteiger partial charge < -0.3 is 41.0 Å². The standard InChI is InChI=1S/C16H12F2N4O4S.C14H8F2N4O4S/c1-2-25-15(24)10-6-11(26-22-10)12(23)13-14(19)21-16(27-13)20-7-3-4-8(17)9(18)5-7;15-6-2-1-5(3-7(6)16)18-14-19-12(17)11(25-14)10(21)9-4-8(13(22)23)20-24-9/h3-6H,2,19H2,1H3,(H,20,21);1-4H,17H2,(H,18,19)(H,22,23). The van der Waals surface area contributed by atoms with Gasteiger partial charge in [0.25, 0.3) is 0 Å². The van der Waals surface area contributed by atoms with Crippen LogP contribution in [0.15, 0.2) is 57.6 Å². The molecule has 0 bridgehead atoms. The minimum absolute atomic E-state index is 0.0156. The van der Waals surface area contributed by atoms with Crippen molar-refractivity contribution in [2.45, 2.75) is 6.92 Å². The zero-order valence-corrected chi connectivity index (χ0v) is 27.5. The lowest BCUT2D eigenvalue weighted by molar-refractivity contribution is 0.0513. The second kappa shape index (κ2) is 15.5. The number of esters is 1. The molecule has 0 fully saturated rings. The number of aromatic carboxylic acids is 1. The van der Waals surface area contributed by atoms with E-state index in [1.807, 2.05) is 0 Å². The monoisotopic (exact) mass is 760 g/mol. The number of rotatable bonds is 11. The van der Waals surface area contributed by atoms with Gasteiger partial charge in [0.2, 0.25) is 23.1 Å². The number of nitrogens with one attached hydrogen (secondary N) is 2. The lowest BCUT2D eigenvalue weighted by atomic mass is 10.2. The molecule has 6 rings (SSSR count). The number of ketones is 2. The lowest BCUT2D eigenvalue weighted by Gasteiger charge is -2.02. The molecule has 0 spiro atoms. The summed E-state index contributed by atoms with van der Waals surface area (Å²) in [7, 11) is 0. The third-order valence-electron chi connectivity index (χ3n) is 6.23. The first-order chi connectivity index (χ1) is 24.7. The quantitative estimate of drug-likeness (QED) is 0.0594. The van der Waals surface area contributed by atoms with Crippen molar-refractivity contribution in [3.05, 3.63) is 104 Å². The SMILES string of the molecule is CCOC(=O)c1cc(C(=O)c2sc(Nc3ccc(F)c(F)c3)nc2N)on1.Nc1nc(Nc2ccc(F)c(F)c2)sc1C(=O)c1cc(C(=O)O)no1. The number of carbonyl (C=O) groups excluding carboxylic acids is 3. The van der Waals surface area contributed by atoms with Gasteiger partial charge in [0.15, 0.2) is 44.9 Å². The largest absolute Gasteiger partial charge is 0.476 e. The van der Waals surface area contributed by atoms with Crippen LogP contribution in [0, 0.1) is 23.3 Å². The highest BCUT2D eigenvalue weighted by molar-refractivity contribution is 7.18. The Bertz CT molecular complexity index is 2320. The van der Waals surface area contributed by atoms with E-state index in [0.717, 1.165) is 59.1 Å². The van der Waals surface area contributed by atoms with Crippen molar-refractivity contribution in [1.29, 1.82) is 0 Å². The van der Waals surface area contributed by atoms with Crippen molar-refractivity contribution in [3.8, 4) is 0 Å². The fourth-order valence-corrected chi connectivity index (χ4v) is 5.58. The molecule has 0 saturated carbocycles. The second-order valence-electron chi connectivity index (χ2n) is 9.81. The molecule has 2 aromatic carbocycles. The van der Waals surface area contributed by atoms with Crippen molar-refractivity contribution in [2.24, 2.45) is 0 Å². The number of nitrogens with two attached hydrogens (primary N) is 2. The van der Waals surface area contributed by atoms with Crippen molar-refractivity contribution < 1.29 is 55.6 Å². The molecule has 0 amide bonds. The molecule has 0 unspecified atom stereocenters. The fraction of sp³-hybridized carbons (Fsp3) is 0.0667. The minimum atomic E-state index is -1.35. The van der Waals surface area contributed by atoms with Crippen molar-refractivity contribution in [3.63, 3.8) is 0 Å². The number of halogens is 4. The number of ether oxygens (including phenoxy) is 1. The third kappa shape index (κ3) is 8.36. The zero-order chi connectivity index (χ0) is 37.7. The predicted octanol–water partition coefficient (Wildman–Crippen LogP) is 5.81. The van der Waals surface area contributed by atoms with Gasteiger partial charge in [0, 0.05) is 35.6 Å². The molecule has 0 saturated heterocycles. The van der Waals surface area contributed by atoms with Gasteiger partial charge in [-0.15, -0.1) is 0 Å². The number of carbonyl (C=O) groups is 4. The van der Waals surface area contributed by atoms with Gasteiger partial charge >= 0.3 is 11.9 Å². The van der Waals surface area contributed by atoms with Crippen LogP contribution in [0.5, 0.6) is 0 Å². The average Bonchev–Trinajstić information content (AvgIpc) is 3.92. The van der Waals surface area contributed by atoms with Crippen LogP contribution in [0.3, 0.4) is 0 Å². The Labute approximate surface area is 295 Å². The van der Waals surface area contributed by atoms with Gasteiger partial charge in [0.05, 0.1) is 6.61 Å². The summed E-state index contributed by atoms with van der Waals surface area (Å²) in [5, 5.41) is 21.3. The third-order valence-corrected chi connectivity index (χ3v) is 8.20. The van der Waals surface area contributed by atoms with Gasteiger partial charge in [-0.1, -0.05) is 33.0 Å². The summed E-state index contributed by atoms with van der Waals surface area (Å²) in [5.41, 5.74) is 11.3. The zero-order valence-electron chi connectivity index (χ0n) is 25.9. The Morgan fingerprint density at radius 1 is 0.731 bits per heavy atom. The topological polar surface area (TPSA) is 252 Å². The van der Waals surface area contributed by atoms with Crippen LogP contribution in [-0.4, -0.2) is 55.5 Å². The molecule has 0 atom stereocenters. The van der Waals surface area contributed by atoms with Crippen molar-refractivity contribution in [2.75, 3.05) is 28.7 Å². The molecule has 22 heteroatoms. The molecule has 16 nitrogen and oxygen atoms in total. The number of nitrogens with zero attached hydrogens (tertiary/aromatic N) is 4. The molecule has 0 aliphatic heterocycles. The van der Waals surface area contributed by atoms with Gasteiger partial charge in [-0.25, -0.2) is 37.1 Å². The summed E-state index contributed by atoms with van der Waals surface area (Å²) >= 11 is 1.72. The smallest absolute Gasteiger partial charge is 0.360 e. The maximum atomic E-state index is 13.3. The van der Waals surface area contributed by atoms with Gasteiger partial charge in [-0.3, -0.25) is 9.59 Å². The highest BCUT2D eigenvalue weighted by Gasteiger charge is 2.25. The van der Waals surface area contributed by atoms with E-state index in [2.05, 4.69) is 35.4 Å². The summed E-state index contributed by atoms with van der Waals surface area (Å²) in [6.07, 6.45) is 0. The number of nitrogen functional groups attached to an aromatic ring is 2. The number of thiazole rings is 2. The highest BCUT2D eigenvalue weighted by atomic mass is 32.1. The Kier molecular flexibility index (Phi) is 10.9. The Hall–Kier alpha value is -6.68. The summed E-state index contributed by atoms with van der Waals surface area (Å²) < 4.78 is 66.7. The van der Waals surface area contributed by atoms with Crippen LogP contribution >= 0.6 is 22.7 Å². The first kappa shape index (κ1) is 36.6. The molecule has 7 N–H and O–H groups in total. The van der Waals surface area contributed by atoms with E-state index >= 15 is 0 Å². The summed E-state index contributed by atoms with van der Waals surface area (Å²) in [6, 6.07) is 8.44. The summed E-state index contributed by atoms with van der Waals surface area (Å²) in [6.45, 7) is 1.78. The van der Waals surface area contributed by atoms with Gasteiger partial charge in [0.1, 0.15) is 21.4 Å². The van der Waals surface area contributed by atoms with E-state index in [4.69, 9.17) is 25.8 Å². The normalized spacial score (nSPS) is 10.6. The van der Waals surface area contributed by atoms with Crippen LogP contribution in [-0.2, 0) is 4.74 Å². The number of carboxylic acid groups (broad SMARTS) is 1. The maximum Gasteiger partial charge on any atom is 0.360 e. The van der Waals surface area contributed by atoms with Crippen molar-refractivity contribution in [1.82, 2.24) is 20.3 Å². The van der Waals surface area contributed by atoms with Crippen LogP contribution in [0.2, 0.25) is 0 Å². The number of benzene rings is 2. The molecule has 4 aromatic heterocycles. The van der Waals surface area contributed by atoms with Crippen LogP contribution in [0.1, 0.15) is 58.8 Å². The second-order valence-corrected chi connectivity index (χ2v) is 11.8. The van der Waals surface area contributed by atoms with Crippen LogP contribution in [0.4, 0.5) is 50.8 Å².